The number of anilines is 2. The van der Waals surface area contributed by atoms with Gasteiger partial charge < -0.3 is 14.4 Å². The maximum Gasteiger partial charge on any atom is 0.340 e. The molecule has 3 aromatic rings. The highest BCUT2D eigenvalue weighted by molar-refractivity contribution is 7.92. The number of benzene rings is 3. The first-order valence-electron chi connectivity index (χ1n) is 10.1. The minimum absolute atomic E-state index is 0.00814. The zero-order chi connectivity index (χ0) is 23.8. The van der Waals surface area contributed by atoms with Gasteiger partial charge in [-0.25, -0.2) is 13.2 Å². The highest BCUT2D eigenvalue weighted by atomic mass is 32.2. The highest BCUT2D eigenvalue weighted by Crippen LogP contribution is 2.23. The topological polar surface area (TPSA) is 102 Å². The van der Waals surface area contributed by atoms with Gasteiger partial charge in [-0.15, -0.1) is 0 Å². The van der Waals surface area contributed by atoms with Gasteiger partial charge in [-0.1, -0.05) is 30.3 Å². The summed E-state index contributed by atoms with van der Waals surface area (Å²) in [7, 11) is -2.40. The lowest BCUT2D eigenvalue weighted by Crippen LogP contribution is -2.31. The lowest BCUT2D eigenvalue weighted by atomic mass is 10.2. The lowest BCUT2D eigenvalue weighted by Gasteiger charge is -2.17. The van der Waals surface area contributed by atoms with E-state index in [4.69, 9.17) is 9.47 Å². The smallest absolute Gasteiger partial charge is 0.340 e. The van der Waals surface area contributed by atoms with Crippen LogP contribution in [0.15, 0.2) is 83.8 Å². The molecule has 8 nitrogen and oxygen atoms in total. The normalized spacial score (nSPS) is 10.8. The van der Waals surface area contributed by atoms with Gasteiger partial charge >= 0.3 is 5.97 Å². The Morgan fingerprint density at radius 1 is 0.909 bits per heavy atom. The molecule has 0 unspecified atom stereocenters. The molecule has 3 rings (SSSR count). The van der Waals surface area contributed by atoms with Crippen LogP contribution < -0.4 is 14.4 Å². The van der Waals surface area contributed by atoms with Crippen LogP contribution in [0.2, 0.25) is 0 Å². The summed E-state index contributed by atoms with van der Waals surface area (Å²) in [4.78, 5) is 26.4. The first-order chi connectivity index (χ1) is 15.8. The van der Waals surface area contributed by atoms with Crippen molar-refractivity contribution in [2.75, 3.05) is 29.9 Å². The predicted octanol–water partition coefficient (Wildman–Crippen LogP) is 3.71. The van der Waals surface area contributed by atoms with Crippen molar-refractivity contribution in [3.05, 3.63) is 84.4 Å². The molecule has 33 heavy (non-hydrogen) atoms. The number of sulfonamides is 1. The third-order valence-corrected chi connectivity index (χ3v) is 6.06. The molecule has 0 saturated heterocycles. The number of para-hydroxylation sites is 2. The molecule has 0 aliphatic carbocycles. The Kier molecular flexibility index (Phi) is 7.68. The summed E-state index contributed by atoms with van der Waals surface area (Å²) in [6.07, 6.45) is 0. The highest BCUT2D eigenvalue weighted by Gasteiger charge is 2.21. The largest absolute Gasteiger partial charge is 0.494 e. The summed E-state index contributed by atoms with van der Waals surface area (Å²) in [6.45, 7) is 1.79. The fraction of sp³-hybridized carbons (Fsp3) is 0.167. The van der Waals surface area contributed by atoms with Crippen molar-refractivity contribution >= 4 is 33.3 Å². The molecule has 1 N–H and O–H groups in total. The second-order valence-electron chi connectivity index (χ2n) is 6.92. The van der Waals surface area contributed by atoms with E-state index in [-0.39, 0.29) is 16.1 Å². The standard InChI is InChI=1S/C24H24N2O6S/c1-3-31-19-13-15-20(16-14-19)33(29,30)25-22-12-8-7-11-21(22)24(28)32-17-23(27)26(2)18-9-5-4-6-10-18/h4-16,25H,3,17H2,1-2H3. The van der Waals surface area contributed by atoms with Gasteiger partial charge in [0.1, 0.15) is 5.75 Å². The third kappa shape index (κ3) is 6.11. The second kappa shape index (κ2) is 10.6. The summed E-state index contributed by atoms with van der Waals surface area (Å²) in [5.41, 5.74) is 0.685. The number of nitrogens with zero attached hydrogens (tertiary/aromatic N) is 1. The van der Waals surface area contributed by atoms with Gasteiger partial charge in [0.2, 0.25) is 0 Å². The van der Waals surface area contributed by atoms with Crippen LogP contribution in [0.3, 0.4) is 0 Å². The number of likely N-dealkylation sites (N-methyl/N-ethyl adjacent to an activating group) is 1. The Labute approximate surface area is 192 Å². The molecule has 0 aliphatic rings. The third-order valence-electron chi connectivity index (χ3n) is 4.68. The van der Waals surface area contributed by atoms with Crippen LogP contribution in [0.1, 0.15) is 17.3 Å². The molecule has 0 aliphatic heterocycles. The lowest BCUT2D eigenvalue weighted by molar-refractivity contribution is -0.121. The van der Waals surface area contributed by atoms with Gasteiger partial charge in [-0.2, -0.15) is 0 Å². The van der Waals surface area contributed by atoms with E-state index in [0.29, 0.717) is 18.0 Å². The number of hydrogen-bond donors (Lipinski definition) is 1. The fourth-order valence-corrected chi connectivity index (χ4v) is 4.01. The molecule has 0 spiro atoms. The first-order valence-corrected chi connectivity index (χ1v) is 11.6. The van der Waals surface area contributed by atoms with Crippen molar-refractivity contribution in [1.82, 2.24) is 0 Å². The zero-order valence-electron chi connectivity index (χ0n) is 18.2. The molecule has 0 aromatic heterocycles. The Hall–Kier alpha value is -3.85. The second-order valence-corrected chi connectivity index (χ2v) is 8.60. The molecule has 1 amide bonds. The quantitative estimate of drug-likeness (QED) is 0.481. The number of esters is 1. The summed E-state index contributed by atoms with van der Waals surface area (Å²) >= 11 is 0. The molecule has 3 aromatic carbocycles. The van der Waals surface area contributed by atoms with Gasteiger partial charge in [0.15, 0.2) is 6.61 Å². The molecule has 0 saturated carbocycles. The van der Waals surface area contributed by atoms with Gasteiger partial charge in [-0.3, -0.25) is 9.52 Å². The van der Waals surface area contributed by atoms with Gasteiger partial charge in [0.25, 0.3) is 15.9 Å². The molecule has 172 valence electrons. The summed E-state index contributed by atoms with van der Waals surface area (Å²) < 4.78 is 38.5. The molecule has 0 bridgehead atoms. The number of rotatable bonds is 9. The number of nitrogens with one attached hydrogen (secondary N) is 1. The van der Waals surface area contributed by atoms with E-state index in [1.54, 1.807) is 55.6 Å². The van der Waals surface area contributed by atoms with Gasteiger partial charge in [0.05, 0.1) is 22.8 Å². The van der Waals surface area contributed by atoms with E-state index in [0.717, 1.165) is 0 Å². The predicted molar refractivity (Wildman–Crippen MR) is 125 cm³/mol. The average Bonchev–Trinajstić information content (AvgIpc) is 2.83. The average molecular weight is 469 g/mol. The Morgan fingerprint density at radius 3 is 2.21 bits per heavy atom. The Bertz CT molecular complexity index is 1210. The van der Waals surface area contributed by atoms with Crippen LogP contribution in [-0.2, 0) is 19.6 Å². The van der Waals surface area contributed by atoms with Crippen molar-refractivity contribution in [2.24, 2.45) is 0 Å². The fourth-order valence-electron chi connectivity index (χ4n) is 2.93. The van der Waals surface area contributed by atoms with Gasteiger partial charge in [0, 0.05) is 12.7 Å². The van der Waals surface area contributed by atoms with Crippen LogP contribution >= 0.6 is 0 Å². The minimum Gasteiger partial charge on any atom is -0.494 e. The maximum atomic E-state index is 12.8. The SMILES string of the molecule is CCOc1ccc(S(=O)(=O)Nc2ccccc2C(=O)OCC(=O)N(C)c2ccccc2)cc1. The number of ether oxygens (including phenoxy) is 2. The molecule has 0 heterocycles. The monoisotopic (exact) mass is 468 g/mol. The van der Waals surface area contributed by atoms with Crippen LogP contribution in [-0.4, -0.2) is 40.6 Å². The summed E-state index contributed by atoms with van der Waals surface area (Å²) in [6, 6.07) is 20.9. The van der Waals surface area contributed by atoms with Crippen LogP contribution in [0, 0.1) is 0 Å². The summed E-state index contributed by atoms with van der Waals surface area (Å²) in [5.74, 6) is -0.706. The molecule has 0 radical (unpaired) electrons. The Morgan fingerprint density at radius 2 is 1.55 bits per heavy atom. The van der Waals surface area contributed by atoms with Crippen molar-refractivity contribution < 1.29 is 27.5 Å². The number of carbonyl (C=O) groups is 2. The first kappa shape index (κ1) is 23.8. The molecule has 0 fully saturated rings. The minimum atomic E-state index is -3.97. The number of carbonyl (C=O) groups excluding carboxylic acids is 2. The number of hydrogen-bond acceptors (Lipinski definition) is 6. The van der Waals surface area contributed by atoms with Crippen molar-refractivity contribution in [3.63, 3.8) is 0 Å². The molecule has 0 atom stereocenters. The molecule has 9 heteroatoms. The van der Waals surface area contributed by atoms with E-state index >= 15 is 0 Å². The Balaban J connectivity index is 1.70. The van der Waals surface area contributed by atoms with E-state index < -0.39 is 28.5 Å². The molecular weight excluding hydrogens is 444 g/mol. The zero-order valence-corrected chi connectivity index (χ0v) is 19.0. The van der Waals surface area contributed by atoms with Crippen LogP contribution in [0.5, 0.6) is 5.75 Å². The van der Waals surface area contributed by atoms with Crippen LogP contribution in [0.25, 0.3) is 0 Å². The maximum absolute atomic E-state index is 12.8. The van der Waals surface area contributed by atoms with Crippen molar-refractivity contribution in [2.45, 2.75) is 11.8 Å². The van der Waals surface area contributed by atoms with Crippen LogP contribution in [0.4, 0.5) is 11.4 Å². The van der Waals surface area contributed by atoms with E-state index in [1.165, 1.54) is 29.2 Å². The van der Waals surface area contributed by atoms with E-state index in [1.807, 2.05) is 13.0 Å². The van der Waals surface area contributed by atoms with Gasteiger partial charge in [-0.05, 0) is 55.5 Å². The molecular formula is C24H24N2O6S. The van der Waals surface area contributed by atoms with E-state index in [2.05, 4.69) is 4.72 Å². The van der Waals surface area contributed by atoms with E-state index in [9.17, 15) is 18.0 Å². The van der Waals surface area contributed by atoms with Crippen molar-refractivity contribution in [3.8, 4) is 5.75 Å². The number of amides is 1. The van der Waals surface area contributed by atoms with Crippen molar-refractivity contribution in [1.29, 1.82) is 0 Å². The summed E-state index contributed by atoms with van der Waals surface area (Å²) in [5, 5.41) is 0.